The lowest BCUT2D eigenvalue weighted by Crippen LogP contribution is -2.38. The van der Waals surface area contributed by atoms with Crippen molar-refractivity contribution in [1.29, 1.82) is 0 Å². The average molecular weight is 452 g/mol. The Morgan fingerprint density at radius 3 is 2.45 bits per heavy atom. The highest BCUT2D eigenvalue weighted by atomic mass is 16.4. The Kier molecular flexibility index (Phi) is 6.96. The first kappa shape index (κ1) is 23.3. The second kappa shape index (κ2) is 9.85. The van der Waals surface area contributed by atoms with E-state index in [1.807, 2.05) is 11.9 Å². The Bertz CT molecular complexity index is 1180. The molecule has 0 saturated heterocycles. The van der Waals surface area contributed by atoms with E-state index in [1.54, 1.807) is 30.5 Å². The van der Waals surface area contributed by atoms with E-state index in [4.69, 9.17) is 16.6 Å². The van der Waals surface area contributed by atoms with Crippen molar-refractivity contribution in [3.05, 3.63) is 41.7 Å². The number of likely N-dealkylation sites (N-methyl/N-ethyl adjacent to an activating group) is 1. The Morgan fingerprint density at radius 2 is 1.82 bits per heavy atom. The van der Waals surface area contributed by atoms with E-state index in [0.29, 0.717) is 35.3 Å². The predicted molar refractivity (Wildman–Crippen MR) is 121 cm³/mol. The summed E-state index contributed by atoms with van der Waals surface area (Å²) in [4.78, 5) is 54.5. The molecular weight excluding hydrogens is 428 g/mol. The second-order valence-electron chi connectivity index (χ2n) is 7.46. The molecule has 12 nitrogen and oxygen atoms in total. The van der Waals surface area contributed by atoms with Crippen molar-refractivity contribution in [2.45, 2.75) is 25.4 Å². The van der Waals surface area contributed by atoms with Gasteiger partial charge in [-0.25, -0.2) is 9.97 Å². The van der Waals surface area contributed by atoms with Gasteiger partial charge in [0.05, 0.1) is 24.5 Å². The first-order valence-corrected chi connectivity index (χ1v) is 9.99. The monoisotopic (exact) mass is 452 g/mol. The molecule has 0 bridgehead atoms. The predicted octanol–water partition coefficient (Wildman–Crippen LogP) is 0.725. The molecule has 1 amide bonds. The Hall–Kier alpha value is -4.35. The number of fused-ring (bicyclic) bond motifs is 1. The van der Waals surface area contributed by atoms with Crippen LogP contribution in [0.25, 0.3) is 11.2 Å². The van der Waals surface area contributed by atoms with Crippen LogP contribution in [-0.2, 0) is 16.1 Å². The zero-order valence-corrected chi connectivity index (χ0v) is 18.2. The van der Waals surface area contributed by atoms with Gasteiger partial charge in [0.1, 0.15) is 6.29 Å². The fraction of sp³-hybridized carbons (Fsp3) is 0.286. The fourth-order valence-corrected chi connectivity index (χ4v) is 3.23. The zero-order valence-electron chi connectivity index (χ0n) is 18.2. The minimum atomic E-state index is -1.02. The van der Waals surface area contributed by atoms with Gasteiger partial charge in [-0.2, -0.15) is 9.97 Å². The first-order chi connectivity index (χ1) is 15.7. The molecule has 5 N–H and O–H groups in total. The van der Waals surface area contributed by atoms with Crippen LogP contribution in [0.4, 0.5) is 17.5 Å². The van der Waals surface area contributed by atoms with Crippen LogP contribution in [0.3, 0.4) is 0 Å². The van der Waals surface area contributed by atoms with Crippen molar-refractivity contribution >= 4 is 46.8 Å². The molecular formula is C21H24N8O4. The van der Waals surface area contributed by atoms with Gasteiger partial charge in [0.25, 0.3) is 5.91 Å². The van der Waals surface area contributed by atoms with Gasteiger partial charge < -0.3 is 31.2 Å². The topological polar surface area (TPSA) is 182 Å². The molecule has 12 heteroatoms. The number of nitrogens with zero attached hydrogens (tertiary/aromatic N) is 6. The third-order valence-electron chi connectivity index (χ3n) is 5.08. The molecule has 1 atom stereocenters. The Morgan fingerprint density at radius 1 is 1.12 bits per heavy atom. The summed E-state index contributed by atoms with van der Waals surface area (Å²) in [6, 6.07) is 6.01. The standard InChI is InChI=1S/C21H24N8O4/c1-28(10-13-9-24-19-17(25-13)18(22)26-21(23)27-19)14-5-3-12(4-6-14)20(33)29(2)15(11-30)7-8-16(31)32/h3-6,9,11,15H,7-8,10H2,1-2H3,(H,31,32)(H4,22,23,24,26,27). The molecule has 0 aliphatic rings. The number of carboxylic acid groups (broad SMARTS) is 1. The van der Waals surface area contributed by atoms with Crippen LogP contribution in [0.1, 0.15) is 28.9 Å². The highest BCUT2D eigenvalue weighted by molar-refractivity contribution is 5.96. The summed E-state index contributed by atoms with van der Waals surface area (Å²) >= 11 is 0. The smallest absolute Gasteiger partial charge is 0.303 e. The number of rotatable bonds is 9. The van der Waals surface area contributed by atoms with Gasteiger partial charge in [-0.3, -0.25) is 9.59 Å². The van der Waals surface area contributed by atoms with Crippen molar-refractivity contribution in [2.24, 2.45) is 0 Å². The van der Waals surface area contributed by atoms with E-state index in [-0.39, 0.29) is 30.5 Å². The minimum absolute atomic E-state index is 0.0285. The van der Waals surface area contributed by atoms with E-state index in [1.165, 1.54) is 11.9 Å². The lowest BCUT2D eigenvalue weighted by molar-refractivity contribution is -0.137. The minimum Gasteiger partial charge on any atom is -0.481 e. The van der Waals surface area contributed by atoms with E-state index in [0.717, 1.165) is 5.69 Å². The number of carbonyl (C=O) groups is 3. The number of carbonyl (C=O) groups excluding carboxylic acids is 2. The van der Waals surface area contributed by atoms with Crippen LogP contribution in [0.5, 0.6) is 0 Å². The van der Waals surface area contributed by atoms with Crippen LogP contribution < -0.4 is 16.4 Å². The summed E-state index contributed by atoms with van der Waals surface area (Å²) in [5, 5.41) is 8.81. The number of nitrogens with two attached hydrogens (primary N) is 2. The summed E-state index contributed by atoms with van der Waals surface area (Å²) in [6.45, 7) is 0.405. The maximum atomic E-state index is 12.7. The molecule has 33 heavy (non-hydrogen) atoms. The van der Waals surface area contributed by atoms with Gasteiger partial charge in [0.2, 0.25) is 5.95 Å². The largest absolute Gasteiger partial charge is 0.481 e. The number of nitrogen functional groups attached to an aromatic ring is 2. The van der Waals surface area contributed by atoms with Gasteiger partial charge in [-0.15, -0.1) is 0 Å². The van der Waals surface area contributed by atoms with Gasteiger partial charge in [0, 0.05) is 31.8 Å². The molecule has 0 aliphatic heterocycles. The number of carboxylic acids is 1. The van der Waals surface area contributed by atoms with Crippen molar-refractivity contribution < 1.29 is 19.5 Å². The van der Waals surface area contributed by atoms with Crippen molar-refractivity contribution in [3.63, 3.8) is 0 Å². The van der Waals surface area contributed by atoms with E-state index >= 15 is 0 Å². The number of amides is 1. The highest BCUT2D eigenvalue weighted by Gasteiger charge is 2.21. The van der Waals surface area contributed by atoms with Crippen LogP contribution in [0, 0.1) is 0 Å². The number of hydrogen-bond donors (Lipinski definition) is 3. The number of anilines is 3. The number of aromatic nitrogens is 4. The molecule has 0 radical (unpaired) electrons. The lowest BCUT2D eigenvalue weighted by Gasteiger charge is -2.24. The van der Waals surface area contributed by atoms with Crippen LogP contribution in [0.15, 0.2) is 30.5 Å². The first-order valence-electron chi connectivity index (χ1n) is 9.99. The fourth-order valence-electron chi connectivity index (χ4n) is 3.23. The summed E-state index contributed by atoms with van der Waals surface area (Å²) in [5.41, 5.74) is 14.0. The van der Waals surface area contributed by atoms with Crippen LogP contribution in [-0.4, -0.2) is 68.2 Å². The normalized spacial score (nSPS) is 11.7. The van der Waals surface area contributed by atoms with E-state index in [2.05, 4.69) is 19.9 Å². The number of aliphatic carboxylic acids is 1. The van der Waals surface area contributed by atoms with E-state index in [9.17, 15) is 14.4 Å². The maximum Gasteiger partial charge on any atom is 0.303 e. The van der Waals surface area contributed by atoms with Gasteiger partial charge >= 0.3 is 5.97 Å². The molecule has 3 rings (SSSR count). The van der Waals surface area contributed by atoms with Crippen molar-refractivity contribution in [3.8, 4) is 0 Å². The van der Waals surface area contributed by atoms with Crippen molar-refractivity contribution in [2.75, 3.05) is 30.5 Å². The van der Waals surface area contributed by atoms with Gasteiger partial charge in [-0.1, -0.05) is 0 Å². The summed E-state index contributed by atoms with van der Waals surface area (Å²) < 4.78 is 0. The third-order valence-corrected chi connectivity index (χ3v) is 5.08. The second-order valence-corrected chi connectivity index (χ2v) is 7.46. The summed E-state index contributed by atoms with van der Waals surface area (Å²) in [7, 11) is 3.33. The zero-order chi connectivity index (χ0) is 24.1. The van der Waals surface area contributed by atoms with Crippen molar-refractivity contribution in [1.82, 2.24) is 24.8 Å². The molecule has 0 saturated carbocycles. The summed E-state index contributed by atoms with van der Waals surface area (Å²) in [6.07, 6.45) is 2.01. The van der Waals surface area contributed by atoms with Crippen LogP contribution in [0.2, 0.25) is 0 Å². The SMILES string of the molecule is CN(Cc1cnc2nc(N)nc(N)c2n1)c1ccc(C(=O)N(C)C(C=O)CCC(=O)O)cc1. The molecule has 2 heterocycles. The molecule has 172 valence electrons. The lowest BCUT2D eigenvalue weighted by atomic mass is 10.1. The molecule has 0 fully saturated rings. The molecule has 2 aromatic heterocycles. The third kappa shape index (κ3) is 5.47. The number of benzene rings is 1. The van der Waals surface area contributed by atoms with E-state index < -0.39 is 12.0 Å². The average Bonchev–Trinajstić information content (AvgIpc) is 2.79. The molecule has 0 aliphatic carbocycles. The number of aldehydes is 1. The molecule has 1 aromatic carbocycles. The number of hydrogen-bond acceptors (Lipinski definition) is 10. The molecule has 0 spiro atoms. The summed E-state index contributed by atoms with van der Waals surface area (Å²) in [5.74, 6) is -1.22. The van der Waals surface area contributed by atoms with Crippen LogP contribution >= 0.6 is 0 Å². The maximum absolute atomic E-state index is 12.7. The Balaban J connectivity index is 1.70. The Labute approximate surface area is 189 Å². The van der Waals surface area contributed by atoms with Gasteiger partial charge in [-0.05, 0) is 30.7 Å². The highest BCUT2D eigenvalue weighted by Crippen LogP contribution is 2.19. The quantitative estimate of drug-likeness (QED) is 0.389. The molecule has 1 unspecified atom stereocenters. The molecule has 3 aromatic rings. The van der Waals surface area contributed by atoms with Gasteiger partial charge in [0.15, 0.2) is 17.0 Å².